The molecule has 0 N–H and O–H groups in total. The van der Waals surface area contributed by atoms with Crippen LogP contribution in [0.3, 0.4) is 0 Å². The Morgan fingerprint density at radius 3 is 2.66 bits per heavy atom. The molecular formula is C24H22N4O3S. The summed E-state index contributed by atoms with van der Waals surface area (Å²) in [5.74, 6) is 0.134. The Labute approximate surface area is 188 Å². The molecule has 2 aliphatic heterocycles. The smallest absolute Gasteiger partial charge is 0.282 e. The highest BCUT2D eigenvalue weighted by molar-refractivity contribution is 7.11. The Morgan fingerprint density at radius 1 is 1.03 bits per heavy atom. The van der Waals surface area contributed by atoms with Crippen molar-refractivity contribution in [2.75, 3.05) is 37.6 Å². The van der Waals surface area contributed by atoms with Crippen LogP contribution in [-0.4, -0.2) is 65.4 Å². The minimum atomic E-state index is 0.00270. The molecule has 2 fully saturated rings. The summed E-state index contributed by atoms with van der Waals surface area (Å²) in [7, 11) is 0. The molecule has 4 aromatic rings. The molecule has 0 aliphatic carbocycles. The molecule has 1 unspecified atom stereocenters. The second kappa shape index (κ2) is 7.72. The van der Waals surface area contributed by atoms with Crippen molar-refractivity contribution in [1.29, 1.82) is 0 Å². The van der Waals surface area contributed by atoms with Gasteiger partial charge in [0.15, 0.2) is 5.01 Å². The summed E-state index contributed by atoms with van der Waals surface area (Å²) >= 11 is 1.38. The number of aromatic nitrogens is 1. The molecule has 0 radical (unpaired) electrons. The van der Waals surface area contributed by atoms with Gasteiger partial charge in [-0.05, 0) is 18.2 Å². The van der Waals surface area contributed by atoms with E-state index in [4.69, 9.17) is 4.42 Å². The molecule has 32 heavy (non-hydrogen) atoms. The van der Waals surface area contributed by atoms with Crippen LogP contribution in [-0.2, 0) is 4.79 Å². The fourth-order valence-corrected chi connectivity index (χ4v) is 5.42. The van der Waals surface area contributed by atoms with E-state index in [1.54, 1.807) is 6.20 Å². The number of anilines is 1. The average molecular weight is 447 g/mol. The Hall–Kier alpha value is -3.23. The third-order valence-electron chi connectivity index (χ3n) is 6.51. The molecule has 2 aliphatic rings. The van der Waals surface area contributed by atoms with Gasteiger partial charge < -0.3 is 14.2 Å². The van der Waals surface area contributed by atoms with Gasteiger partial charge in [-0.2, -0.15) is 0 Å². The van der Waals surface area contributed by atoms with Gasteiger partial charge in [0.25, 0.3) is 5.91 Å². The zero-order chi connectivity index (χ0) is 21.7. The van der Waals surface area contributed by atoms with E-state index in [1.807, 2.05) is 51.6 Å². The number of rotatable bonds is 3. The summed E-state index contributed by atoms with van der Waals surface area (Å²) in [6.07, 6.45) is 2.16. The van der Waals surface area contributed by atoms with Crippen molar-refractivity contribution in [2.45, 2.75) is 12.5 Å². The molecule has 0 saturated carbocycles. The highest BCUT2D eigenvalue weighted by Gasteiger charge is 2.36. The number of furan rings is 1. The average Bonchev–Trinajstić information content (AvgIpc) is 3.57. The van der Waals surface area contributed by atoms with E-state index in [0.717, 1.165) is 40.7 Å². The summed E-state index contributed by atoms with van der Waals surface area (Å²) in [6, 6.07) is 14.2. The second-order valence-corrected chi connectivity index (χ2v) is 9.20. The number of piperazine rings is 1. The first-order valence-electron chi connectivity index (χ1n) is 10.8. The lowest BCUT2D eigenvalue weighted by molar-refractivity contribution is -0.117. The number of carbonyl (C=O) groups is 2. The molecule has 162 valence electrons. The maximum absolute atomic E-state index is 12.9. The molecule has 6 rings (SSSR count). The maximum Gasteiger partial charge on any atom is 0.282 e. The van der Waals surface area contributed by atoms with Gasteiger partial charge in [-0.1, -0.05) is 18.2 Å². The third kappa shape index (κ3) is 3.27. The number of hydrogen-bond acceptors (Lipinski definition) is 6. The summed E-state index contributed by atoms with van der Waals surface area (Å²) in [5, 5.41) is 4.52. The first kappa shape index (κ1) is 19.5. The van der Waals surface area contributed by atoms with E-state index < -0.39 is 0 Å². The maximum atomic E-state index is 12.9. The van der Waals surface area contributed by atoms with Gasteiger partial charge in [0.2, 0.25) is 5.91 Å². The molecule has 0 spiro atoms. The normalized spacial score (nSPS) is 20.0. The summed E-state index contributed by atoms with van der Waals surface area (Å²) in [6.45, 7) is 3.52. The number of hydrogen-bond donors (Lipinski definition) is 0. The van der Waals surface area contributed by atoms with Crippen LogP contribution < -0.4 is 4.90 Å². The Balaban J connectivity index is 1.15. The Bertz CT molecular complexity index is 1310. The predicted molar refractivity (Wildman–Crippen MR) is 124 cm³/mol. The standard InChI is InChI=1S/C24H22N4O3S/c29-22-14-17(26-8-10-27(11-9-26)24(30)23-25-7-12-32-23)15-28(22)16-5-6-19-18-3-1-2-4-20(18)31-21(19)13-16/h1-7,12-13,17H,8-11,14-15H2. The van der Waals surface area contributed by atoms with Crippen molar-refractivity contribution in [3.63, 3.8) is 0 Å². The van der Waals surface area contributed by atoms with E-state index in [-0.39, 0.29) is 17.9 Å². The van der Waals surface area contributed by atoms with Crippen molar-refractivity contribution >= 4 is 50.8 Å². The molecule has 2 amide bonds. The zero-order valence-corrected chi connectivity index (χ0v) is 18.3. The van der Waals surface area contributed by atoms with Gasteiger partial charge in [0.05, 0.1) is 0 Å². The molecule has 2 aromatic heterocycles. The van der Waals surface area contributed by atoms with E-state index in [2.05, 4.69) is 16.0 Å². The zero-order valence-electron chi connectivity index (χ0n) is 17.4. The molecule has 0 bridgehead atoms. The first-order chi connectivity index (χ1) is 15.7. The number of fused-ring (bicyclic) bond motifs is 3. The van der Waals surface area contributed by atoms with Crippen molar-refractivity contribution < 1.29 is 14.0 Å². The molecule has 2 saturated heterocycles. The van der Waals surface area contributed by atoms with Gasteiger partial charge in [-0.3, -0.25) is 14.5 Å². The van der Waals surface area contributed by atoms with Crippen LogP contribution in [0.5, 0.6) is 0 Å². The van der Waals surface area contributed by atoms with Gasteiger partial charge in [-0.15, -0.1) is 11.3 Å². The van der Waals surface area contributed by atoms with Crippen LogP contribution in [0.1, 0.15) is 16.2 Å². The van der Waals surface area contributed by atoms with Crippen molar-refractivity contribution in [3.05, 3.63) is 59.0 Å². The lowest BCUT2D eigenvalue weighted by atomic mass is 10.1. The van der Waals surface area contributed by atoms with Crippen LogP contribution in [0, 0.1) is 0 Å². The summed E-state index contributed by atoms with van der Waals surface area (Å²) in [4.78, 5) is 35.6. The Morgan fingerprint density at radius 2 is 1.84 bits per heavy atom. The number of nitrogens with zero attached hydrogens (tertiary/aromatic N) is 4. The largest absolute Gasteiger partial charge is 0.456 e. The van der Waals surface area contributed by atoms with Gasteiger partial charge in [-0.25, -0.2) is 4.98 Å². The van der Waals surface area contributed by atoms with Crippen molar-refractivity contribution in [2.24, 2.45) is 0 Å². The number of amides is 2. The van der Waals surface area contributed by atoms with E-state index in [1.165, 1.54) is 11.3 Å². The summed E-state index contributed by atoms with van der Waals surface area (Å²) in [5.41, 5.74) is 2.53. The number of thiazole rings is 1. The molecule has 8 heteroatoms. The van der Waals surface area contributed by atoms with Crippen LogP contribution >= 0.6 is 11.3 Å². The fourth-order valence-electron chi connectivity index (χ4n) is 4.82. The van der Waals surface area contributed by atoms with E-state index >= 15 is 0 Å². The van der Waals surface area contributed by atoms with Gasteiger partial charge in [0, 0.05) is 79.3 Å². The molecule has 7 nitrogen and oxygen atoms in total. The molecule has 1 atom stereocenters. The Kier molecular flexibility index (Phi) is 4.69. The summed E-state index contributed by atoms with van der Waals surface area (Å²) < 4.78 is 6.01. The minimum absolute atomic E-state index is 0.00270. The monoisotopic (exact) mass is 446 g/mol. The van der Waals surface area contributed by atoms with E-state index in [0.29, 0.717) is 31.1 Å². The van der Waals surface area contributed by atoms with Crippen molar-refractivity contribution in [3.8, 4) is 0 Å². The molecular weight excluding hydrogens is 424 g/mol. The third-order valence-corrected chi connectivity index (χ3v) is 7.27. The molecule has 2 aromatic carbocycles. The van der Waals surface area contributed by atoms with Crippen LogP contribution in [0.15, 0.2) is 58.5 Å². The van der Waals surface area contributed by atoms with Crippen molar-refractivity contribution in [1.82, 2.24) is 14.8 Å². The second-order valence-electron chi connectivity index (χ2n) is 8.31. The lowest BCUT2D eigenvalue weighted by Gasteiger charge is -2.37. The lowest BCUT2D eigenvalue weighted by Crippen LogP contribution is -2.52. The highest BCUT2D eigenvalue weighted by Crippen LogP contribution is 2.33. The minimum Gasteiger partial charge on any atom is -0.456 e. The predicted octanol–water partition coefficient (Wildman–Crippen LogP) is 3.61. The number of carbonyl (C=O) groups excluding carboxylic acids is 2. The first-order valence-corrected chi connectivity index (χ1v) is 11.7. The topological polar surface area (TPSA) is 69.9 Å². The van der Waals surface area contributed by atoms with Gasteiger partial charge in [0.1, 0.15) is 11.2 Å². The number of benzene rings is 2. The van der Waals surface area contributed by atoms with Crippen LogP contribution in [0.25, 0.3) is 21.9 Å². The quantitative estimate of drug-likeness (QED) is 0.481. The van der Waals surface area contributed by atoms with Crippen LogP contribution in [0.2, 0.25) is 0 Å². The highest BCUT2D eigenvalue weighted by atomic mass is 32.1. The van der Waals surface area contributed by atoms with Gasteiger partial charge >= 0.3 is 0 Å². The fraction of sp³-hybridized carbons (Fsp3) is 0.292. The van der Waals surface area contributed by atoms with Crippen LogP contribution in [0.4, 0.5) is 5.69 Å². The molecule has 4 heterocycles. The SMILES string of the molecule is O=C(c1nccs1)N1CCN(C2CC(=O)N(c3ccc4c(c3)oc3ccccc34)C2)CC1. The number of para-hydroxylation sites is 1. The van der Waals surface area contributed by atoms with E-state index in [9.17, 15) is 9.59 Å².